The Hall–Kier alpha value is -3.01. The monoisotopic (exact) mass is 523 g/mol. The zero-order chi connectivity index (χ0) is 25.1. The van der Waals surface area contributed by atoms with E-state index in [1.54, 1.807) is 27.8 Å². The molecule has 9 heteroatoms. The lowest BCUT2D eigenvalue weighted by atomic mass is 10.1. The number of carbonyl (C=O) groups excluding carboxylic acids is 1. The lowest BCUT2D eigenvalue weighted by Crippen LogP contribution is -2.35. The molecule has 2 saturated heterocycles. The molecule has 0 spiro atoms. The Labute approximate surface area is 219 Å². The highest BCUT2D eigenvalue weighted by Crippen LogP contribution is 2.36. The third-order valence-corrected chi connectivity index (χ3v) is 7.38. The van der Waals surface area contributed by atoms with Crippen LogP contribution in [0.1, 0.15) is 31.7 Å². The lowest BCUT2D eigenvalue weighted by Gasteiger charge is -2.18. The van der Waals surface area contributed by atoms with Crippen LogP contribution in [0.2, 0.25) is 0 Å². The van der Waals surface area contributed by atoms with E-state index in [4.69, 9.17) is 26.8 Å². The van der Waals surface area contributed by atoms with Crippen molar-refractivity contribution in [2.24, 2.45) is 0 Å². The molecule has 2 aliphatic heterocycles. The zero-order valence-electron chi connectivity index (χ0n) is 19.9. The fourth-order valence-electron chi connectivity index (χ4n) is 4.20. The molecule has 0 bridgehead atoms. The van der Waals surface area contributed by atoms with Crippen LogP contribution in [0.25, 0.3) is 23.0 Å². The standard InChI is InChI=1S/C27H26FN3O3S2/c1-2-12-34-23-11-10-18(14-22(23)28)25-19(16-31(29-25)20-7-4-3-5-8-20)15-24-26(32)30(27(35)36-24)17-21-9-6-13-33-21/h3-5,7-8,10-11,14-16,21H,2,6,9,12-13,17H2,1H3/b24-15-/t21-/m1/s1. The maximum absolute atomic E-state index is 14.8. The Bertz CT molecular complexity index is 1300. The van der Waals surface area contributed by atoms with Crippen LogP contribution < -0.4 is 4.74 Å². The molecular formula is C27H26FN3O3S2. The van der Waals surface area contributed by atoms with Gasteiger partial charge in [0.15, 0.2) is 11.6 Å². The van der Waals surface area contributed by atoms with Crippen molar-refractivity contribution in [2.75, 3.05) is 19.8 Å². The van der Waals surface area contributed by atoms with Crippen molar-refractivity contribution in [1.29, 1.82) is 0 Å². The normalized spacial score (nSPS) is 19.0. The number of carbonyl (C=O) groups is 1. The van der Waals surface area contributed by atoms with Gasteiger partial charge in [-0.3, -0.25) is 9.69 Å². The van der Waals surface area contributed by atoms with Crippen LogP contribution in [0.15, 0.2) is 59.6 Å². The van der Waals surface area contributed by atoms with Gasteiger partial charge in [-0.25, -0.2) is 9.07 Å². The Kier molecular flexibility index (Phi) is 7.50. The van der Waals surface area contributed by atoms with Gasteiger partial charge in [-0.2, -0.15) is 5.10 Å². The van der Waals surface area contributed by atoms with E-state index in [2.05, 4.69) is 0 Å². The van der Waals surface area contributed by atoms with Crippen LogP contribution in [-0.4, -0.2) is 50.8 Å². The first kappa shape index (κ1) is 24.7. The van der Waals surface area contributed by atoms with Gasteiger partial charge in [-0.05, 0) is 55.7 Å². The van der Waals surface area contributed by atoms with Gasteiger partial charge in [-0.15, -0.1) is 0 Å². The van der Waals surface area contributed by atoms with Crippen molar-refractivity contribution >= 4 is 40.3 Å². The highest BCUT2D eigenvalue weighted by atomic mass is 32.2. The Morgan fingerprint density at radius 3 is 2.83 bits per heavy atom. The number of aromatic nitrogens is 2. The van der Waals surface area contributed by atoms with E-state index < -0.39 is 5.82 Å². The molecule has 1 aromatic heterocycles. The van der Waals surface area contributed by atoms with Crippen molar-refractivity contribution in [3.63, 3.8) is 0 Å². The van der Waals surface area contributed by atoms with Gasteiger partial charge in [0.05, 0.1) is 29.8 Å². The van der Waals surface area contributed by atoms with Crippen LogP contribution in [0.4, 0.5) is 4.39 Å². The molecule has 3 heterocycles. The van der Waals surface area contributed by atoms with Crippen LogP contribution in [0, 0.1) is 5.82 Å². The number of rotatable bonds is 8. The van der Waals surface area contributed by atoms with Crippen LogP contribution in [0.3, 0.4) is 0 Å². The van der Waals surface area contributed by atoms with Crippen LogP contribution >= 0.6 is 24.0 Å². The van der Waals surface area contributed by atoms with Crippen LogP contribution in [0.5, 0.6) is 5.75 Å². The highest BCUT2D eigenvalue weighted by molar-refractivity contribution is 8.26. The molecular weight excluding hydrogens is 497 g/mol. The van der Waals surface area contributed by atoms with Crippen molar-refractivity contribution < 1.29 is 18.7 Å². The average molecular weight is 524 g/mol. The summed E-state index contributed by atoms with van der Waals surface area (Å²) < 4.78 is 28.2. The van der Waals surface area contributed by atoms with Gasteiger partial charge >= 0.3 is 0 Å². The molecule has 0 N–H and O–H groups in total. The molecule has 2 aromatic carbocycles. The molecule has 2 fully saturated rings. The summed E-state index contributed by atoms with van der Waals surface area (Å²) in [5, 5.41) is 4.75. The molecule has 1 amide bonds. The third-order valence-electron chi connectivity index (χ3n) is 6.00. The summed E-state index contributed by atoms with van der Waals surface area (Å²) >= 11 is 6.77. The van der Waals surface area contributed by atoms with Gasteiger partial charge in [-0.1, -0.05) is 49.1 Å². The Morgan fingerprint density at radius 1 is 1.28 bits per heavy atom. The third kappa shape index (κ3) is 5.23. The van der Waals surface area contributed by atoms with E-state index >= 15 is 0 Å². The number of para-hydroxylation sites is 1. The maximum Gasteiger partial charge on any atom is 0.266 e. The van der Waals surface area contributed by atoms with Crippen LogP contribution in [-0.2, 0) is 9.53 Å². The molecule has 6 nitrogen and oxygen atoms in total. The quantitative estimate of drug-likeness (QED) is 0.273. The molecule has 0 aliphatic carbocycles. The first-order valence-electron chi connectivity index (χ1n) is 12.0. The smallest absolute Gasteiger partial charge is 0.266 e. The first-order chi connectivity index (χ1) is 17.5. The van der Waals surface area contributed by atoms with E-state index in [-0.39, 0.29) is 17.8 Å². The molecule has 0 unspecified atom stereocenters. The molecule has 5 rings (SSSR count). The summed E-state index contributed by atoms with van der Waals surface area (Å²) in [6.07, 6.45) is 6.36. The Morgan fingerprint density at radius 2 is 2.11 bits per heavy atom. The minimum atomic E-state index is -0.455. The highest BCUT2D eigenvalue weighted by Gasteiger charge is 2.35. The summed E-state index contributed by atoms with van der Waals surface area (Å²) in [7, 11) is 0. The summed E-state index contributed by atoms with van der Waals surface area (Å²) in [4.78, 5) is 15.3. The summed E-state index contributed by atoms with van der Waals surface area (Å²) in [5.74, 6) is -0.392. The first-order valence-corrected chi connectivity index (χ1v) is 13.2. The summed E-state index contributed by atoms with van der Waals surface area (Å²) in [6.45, 7) is 3.59. The van der Waals surface area contributed by atoms with E-state index in [9.17, 15) is 9.18 Å². The molecule has 3 aromatic rings. The molecule has 0 saturated carbocycles. The van der Waals surface area contributed by atoms with E-state index in [1.165, 1.54) is 17.8 Å². The second-order valence-corrected chi connectivity index (χ2v) is 10.3. The second-order valence-electron chi connectivity index (χ2n) is 8.63. The Balaban J connectivity index is 1.50. The van der Waals surface area contributed by atoms with Crippen molar-refractivity contribution in [3.8, 4) is 22.7 Å². The fraction of sp³-hybridized carbons (Fsp3) is 0.296. The number of thioether (sulfide) groups is 1. The van der Waals surface area contributed by atoms with E-state index in [0.29, 0.717) is 39.2 Å². The van der Waals surface area contributed by atoms with E-state index in [1.807, 2.05) is 43.5 Å². The van der Waals surface area contributed by atoms with Gasteiger partial charge < -0.3 is 9.47 Å². The number of hydrogen-bond acceptors (Lipinski definition) is 6. The molecule has 36 heavy (non-hydrogen) atoms. The largest absolute Gasteiger partial charge is 0.491 e. The predicted molar refractivity (Wildman–Crippen MR) is 144 cm³/mol. The number of hydrogen-bond donors (Lipinski definition) is 0. The lowest BCUT2D eigenvalue weighted by molar-refractivity contribution is -0.123. The SMILES string of the molecule is CCCOc1ccc(-c2nn(-c3ccccc3)cc2/C=C2\SC(=S)N(C[C@H]3CCCO3)C2=O)cc1F. The average Bonchev–Trinajstić information content (AvgIpc) is 3.61. The maximum atomic E-state index is 14.8. The fourth-order valence-corrected chi connectivity index (χ4v) is 5.46. The second kappa shape index (κ2) is 10.9. The number of amides is 1. The molecule has 186 valence electrons. The molecule has 2 aliphatic rings. The van der Waals surface area contributed by atoms with Gasteiger partial charge in [0.2, 0.25) is 0 Å². The topological polar surface area (TPSA) is 56.6 Å². The van der Waals surface area contributed by atoms with E-state index in [0.717, 1.165) is 31.6 Å². The van der Waals surface area contributed by atoms with Gasteiger partial charge in [0.1, 0.15) is 10.0 Å². The number of halogens is 1. The predicted octanol–water partition coefficient (Wildman–Crippen LogP) is 5.85. The van der Waals surface area contributed by atoms with Crippen molar-refractivity contribution in [1.82, 2.24) is 14.7 Å². The zero-order valence-corrected chi connectivity index (χ0v) is 21.5. The van der Waals surface area contributed by atoms with Crippen molar-refractivity contribution in [3.05, 3.63) is 71.0 Å². The number of nitrogens with zero attached hydrogens (tertiary/aromatic N) is 3. The molecule has 1 atom stereocenters. The minimum Gasteiger partial charge on any atom is -0.491 e. The number of ether oxygens (including phenoxy) is 2. The summed E-state index contributed by atoms with van der Waals surface area (Å²) in [6, 6.07) is 14.5. The number of benzene rings is 2. The minimum absolute atomic E-state index is 0.0136. The van der Waals surface area contributed by atoms with Gasteiger partial charge in [0.25, 0.3) is 5.91 Å². The molecule has 0 radical (unpaired) electrons. The number of thiocarbonyl (C=S) groups is 1. The van der Waals surface area contributed by atoms with Crippen molar-refractivity contribution in [2.45, 2.75) is 32.3 Å². The van der Waals surface area contributed by atoms with Gasteiger partial charge in [0, 0.05) is 23.9 Å². The summed E-state index contributed by atoms with van der Waals surface area (Å²) in [5.41, 5.74) is 2.70.